The summed E-state index contributed by atoms with van der Waals surface area (Å²) in [6.07, 6.45) is 7.54. The number of hydrogen-bond donors (Lipinski definition) is 3. The molecule has 58 heavy (non-hydrogen) atoms. The van der Waals surface area contributed by atoms with E-state index in [0.717, 1.165) is 31.6 Å². The van der Waals surface area contributed by atoms with Crippen LogP contribution in [0.5, 0.6) is 11.5 Å². The number of methoxy groups -OCH3 is 1. The maximum Gasteiger partial charge on any atom is 1.00 e. The molecule has 0 aliphatic heterocycles. The van der Waals surface area contributed by atoms with Crippen LogP contribution in [0.3, 0.4) is 0 Å². The zero-order chi connectivity index (χ0) is 40.4. The van der Waals surface area contributed by atoms with Crippen LogP contribution in [0.1, 0.15) is 80.0 Å². The number of anilines is 2. The Hall–Kier alpha value is -3.44. The summed E-state index contributed by atoms with van der Waals surface area (Å²) in [5, 5.41) is 16.6. The third kappa shape index (κ3) is 15.3. The van der Waals surface area contributed by atoms with Crippen molar-refractivity contribution in [3.8, 4) is 11.5 Å². The van der Waals surface area contributed by atoms with Gasteiger partial charge in [-0.3, -0.25) is 9.59 Å². The fourth-order valence-corrected chi connectivity index (χ4v) is 6.65. The number of carboxylic acids is 1. The Bertz CT molecular complexity index is 2000. The van der Waals surface area contributed by atoms with Crippen molar-refractivity contribution in [1.29, 1.82) is 0 Å². The summed E-state index contributed by atoms with van der Waals surface area (Å²) in [6, 6.07) is 18.2. The monoisotopic (exact) mass is 930 g/mol. The van der Waals surface area contributed by atoms with Crippen molar-refractivity contribution in [2.24, 2.45) is 17.8 Å². The summed E-state index contributed by atoms with van der Waals surface area (Å²) in [6.45, 7) is 1.15. The molecule has 3 aliphatic carbocycles. The summed E-state index contributed by atoms with van der Waals surface area (Å²) in [5.41, 5.74) is 2.14. The molecule has 4 aromatic carbocycles. The summed E-state index contributed by atoms with van der Waals surface area (Å²) in [7, 11) is 1.31. The number of ether oxygens (including phenoxy) is 3. The van der Waals surface area contributed by atoms with Crippen LogP contribution in [0.4, 0.5) is 11.4 Å². The van der Waals surface area contributed by atoms with E-state index in [1.807, 2.05) is 0 Å². The number of aromatic carboxylic acids is 1. The number of halogens is 5. The number of esters is 1. The average molecular weight is 933 g/mol. The van der Waals surface area contributed by atoms with Gasteiger partial charge in [0.1, 0.15) is 0 Å². The number of benzene rings is 4. The SMILES string of the molecule is BrCC1CC1.COC(=O)c1ccc(NC(=O)c2cc(Cl)c(OCC3CC3)c(Cl)c2)cc1.O=C(O)c1ccc(NC(=O)c2cc(Cl)c(OCC3CC3)c(Cl)c2)cc1.[Li+].[OH-]. The van der Waals surface area contributed by atoms with Crippen LogP contribution in [0.2, 0.25) is 20.1 Å². The van der Waals surface area contributed by atoms with Crippen LogP contribution in [-0.2, 0) is 4.74 Å². The standard InChI is InChI=1S/C19H17Cl2NO4.C18H15Cl2NO4.C4H7Br.Li.H2O/c1-25-19(24)12-4-6-14(7-5-12)22-18(23)13-8-15(20)17(16(21)9-13)26-10-11-2-3-11;19-14-7-12(8-15(20)16(14)25-9-10-1-2-10)17(22)21-13-5-3-11(4-6-13)18(23)24;5-3-4-1-2-4;;/h4-9,11H,2-3,10H2,1H3,(H,22,23);3-8,10H,1-2,9H2,(H,21,22)(H,23,24);4H,1-3H2;;1H2/q;;;+1;/p-1. The first-order valence-corrected chi connectivity index (χ1v) is 20.4. The van der Waals surface area contributed by atoms with Crippen molar-refractivity contribution in [2.45, 2.75) is 38.5 Å². The van der Waals surface area contributed by atoms with E-state index in [1.54, 1.807) is 24.3 Å². The zero-order valence-electron chi connectivity index (χ0n) is 31.7. The third-order valence-corrected chi connectivity index (χ3v) is 10.7. The minimum Gasteiger partial charge on any atom is -0.870 e. The summed E-state index contributed by atoms with van der Waals surface area (Å²) >= 11 is 28.2. The Morgan fingerprint density at radius 3 is 1.24 bits per heavy atom. The molecule has 0 radical (unpaired) electrons. The Labute approximate surface area is 377 Å². The largest absolute Gasteiger partial charge is 1.00 e. The Kier molecular flexibility index (Phi) is 19.7. The van der Waals surface area contributed by atoms with Crippen molar-refractivity contribution >= 4 is 97.5 Å². The minimum absolute atomic E-state index is 0. The van der Waals surface area contributed by atoms with Gasteiger partial charge in [0.05, 0.1) is 51.5 Å². The van der Waals surface area contributed by atoms with E-state index >= 15 is 0 Å². The molecule has 0 bridgehead atoms. The summed E-state index contributed by atoms with van der Waals surface area (Å²) in [5.74, 6) is 0.726. The Balaban J connectivity index is 0.000000268. The molecular weight excluding hydrogens is 893 g/mol. The molecule has 7 rings (SSSR count). The van der Waals surface area contributed by atoms with Crippen molar-refractivity contribution < 1.29 is 62.8 Å². The van der Waals surface area contributed by atoms with Gasteiger partial charge < -0.3 is 35.4 Å². The van der Waals surface area contributed by atoms with E-state index in [0.29, 0.717) is 69.1 Å². The van der Waals surface area contributed by atoms with E-state index in [9.17, 15) is 19.2 Å². The van der Waals surface area contributed by atoms with Gasteiger partial charge in [-0.15, -0.1) is 0 Å². The molecule has 0 aromatic heterocycles. The molecular formula is C41H40BrCl4LiN2O9. The van der Waals surface area contributed by atoms with Gasteiger partial charge in [-0.05, 0) is 129 Å². The van der Waals surface area contributed by atoms with Crippen LogP contribution in [0, 0.1) is 17.8 Å². The van der Waals surface area contributed by atoms with Crippen molar-refractivity contribution in [3.05, 3.63) is 115 Å². The van der Waals surface area contributed by atoms with Crippen molar-refractivity contribution in [1.82, 2.24) is 0 Å². The summed E-state index contributed by atoms with van der Waals surface area (Å²) in [4.78, 5) is 47.0. The van der Waals surface area contributed by atoms with Crippen molar-refractivity contribution in [2.75, 3.05) is 36.3 Å². The van der Waals surface area contributed by atoms with Crippen molar-refractivity contribution in [3.63, 3.8) is 0 Å². The van der Waals surface area contributed by atoms with E-state index in [1.165, 1.54) is 73.8 Å². The van der Waals surface area contributed by atoms with E-state index < -0.39 is 17.8 Å². The Morgan fingerprint density at radius 2 is 0.966 bits per heavy atom. The molecule has 0 unspecified atom stereocenters. The molecule has 2 amide bonds. The molecule has 4 aromatic rings. The molecule has 0 heterocycles. The van der Waals surface area contributed by atoms with Crippen LogP contribution in [0.25, 0.3) is 0 Å². The molecule has 304 valence electrons. The molecule has 17 heteroatoms. The smallest absolute Gasteiger partial charge is 0.870 e. The predicted octanol–water partition coefficient (Wildman–Crippen LogP) is 8.17. The number of carbonyl (C=O) groups is 4. The van der Waals surface area contributed by atoms with Crippen LogP contribution in [-0.4, -0.2) is 60.0 Å². The van der Waals surface area contributed by atoms with Gasteiger partial charge >= 0.3 is 30.8 Å². The Morgan fingerprint density at radius 1 is 0.621 bits per heavy atom. The number of nitrogens with one attached hydrogen (secondary N) is 2. The minimum atomic E-state index is -1.03. The molecule has 11 nitrogen and oxygen atoms in total. The first kappa shape index (κ1) is 48.9. The first-order chi connectivity index (χ1) is 26.8. The van der Waals surface area contributed by atoms with E-state index in [2.05, 4.69) is 31.3 Å². The molecule has 3 saturated carbocycles. The first-order valence-electron chi connectivity index (χ1n) is 17.8. The van der Waals surface area contributed by atoms with Gasteiger partial charge in [0.2, 0.25) is 0 Å². The van der Waals surface area contributed by atoms with Gasteiger partial charge in [-0.2, -0.15) is 0 Å². The number of rotatable bonds is 13. The summed E-state index contributed by atoms with van der Waals surface area (Å²) < 4.78 is 15.9. The number of carboxylic acid groups (broad SMARTS) is 1. The third-order valence-electron chi connectivity index (χ3n) is 8.71. The average Bonchev–Trinajstić information content (AvgIpc) is 4.02. The second-order valence-electron chi connectivity index (χ2n) is 13.5. The van der Waals surface area contributed by atoms with Crippen LogP contribution in [0.15, 0.2) is 72.8 Å². The fourth-order valence-electron chi connectivity index (χ4n) is 4.81. The van der Waals surface area contributed by atoms with Gasteiger partial charge in [-0.1, -0.05) is 62.3 Å². The quantitative estimate of drug-likeness (QED) is 0.0680. The number of carbonyl (C=O) groups excluding carboxylic acids is 3. The van der Waals surface area contributed by atoms with Gasteiger partial charge in [0.25, 0.3) is 11.8 Å². The van der Waals surface area contributed by atoms with Gasteiger partial charge in [-0.25, -0.2) is 9.59 Å². The number of alkyl halides is 1. The number of hydrogen-bond acceptors (Lipinski definition) is 8. The van der Waals surface area contributed by atoms with E-state index in [4.69, 9.17) is 61.0 Å². The normalized spacial score (nSPS) is 13.7. The molecule has 4 N–H and O–H groups in total. The van der Waals surface area contributed by atoms with E-state index in [-0.39, 0.29) is 51.4 Å². The van der Waals surface area contributed by atoms with Gasteiger partial charge in [0, 0.05) is 27.8 Å². The predicted molar refractivity (Wildman–Crippen MR) is 225 cm³/mol. The van der Waals surface area contributed by atoms with Crippen LogP contribution >= 0.6 is 62.3 Å². The fraction of sp³-hybridized carbons (Fsp3) is 0.317. The molecule has 3 fully saturated rings. The maximum absolute atomic E-state index is 12.4. The molecule has 0 saturated heterocycles. The second-order valence-corrected chi connectivity index (χ2v) is 15.8. The second kappa shape index (κ2) is 23.4. The maximum atomic E-state index is 12.4. The molecule has 3 aliphatic rings. The van der Waals surface area contributed by atoms with Gasteiger partial charge in [0.15, 0.2) is 11.5 Å². The molecule has 0 atom stereocenters. The van der Waals surface area contributed by atoms with Crippen LogP contribution < -0.4 is 39.0 Å². The topological polar surface area (TPSA) is 170 Å². The molecule has 0 spiro atoms. The number of amides is 2. The zero-order valence-corrected chi connectivity index (χ0v) is 36.3.